The van der Waals surface area contributed by atoms with Gasteiger partial charge in [-0.15, -0.1) is 0 Å². The average molecular weight is 177 g/mol. The Morgan fingerprint density at radius 1 is 1.46 bits per heavy atom. The minimum absolute atomic E-state index is 0.0261. The van der Waals surface area contributed by atoms with Crippen molar-refractivity contribution in [1.29, 1.82) is 0 Å². The van der Waals surface area contributed by atoms with E-state index in [1.165, 1.54) is 20.2 Å². The Labute approximate surface area is 77.0 Å². The molecular formula is C10H11NO2. The molecule has 1 aromatic rings. The van der Waals surface area contributed by atoms with Gasteiger partial charge < -0.3 is 4.84 Å². The third-order valence-electron chi connectivity index (χ3n) is 1.64. The second kappa shape index (κ2) is 4.40. The van der Waals surface area contributed by atoms with Crippen LogP contribution in [0, 0.1) is 0 Å². The van der Waals surface area contributed by atoms with E-state index in [1.54, 1.807) is 6.07 Å². The van der Waals surface area contributed by atoms with Crippen molar-refractivity contribution >= 4 is 12.0 Å². The zero-order valence-corrected chi connectivity index (χ0v) is 7.65. The lowest BCUT2D eigenvalue weighted by Gasteiger charge is -1.99. The molecule has 3 nitrogen and oxygen atoms in total. The lowest BCUT2D eigenvalue weighted by atomic mass is 10.1. The monoisotopic (exact) mass is 177 g/mol. The maximum atomic E-state index is 11.1. The number of hydrogen-bond donors (Lipinski definition) is 0. The van der Waals surface area contributed by atoms with E-state index in [-0.39, 0.29) is 5.78 Å². The van der Waals surface area contributed by atoms with Crippen LogP contribution in [0.1, 0.15) is 22.8 Å². The summed E-state index contributed by atoms with van der Waals surface area (Å²) in [6.07, 6.45) is 1.52. The largest absolute Gasteiger partial charge is 0.399 e. The van der Waals surface area contributed by atoms with Gasteiger partial charge in [-0.25, -0.2) is 0 Å². The quantitative estimate of drug-likeness (QED) is 0.401. The number of carbonyl (C=O) groups is 1. The van der Waals surface area contributed by atoms with Crippen LogP contribution < -0.4 is 0 Å². The van der Waals surface area contributed by atoms with Crippen molar-refractivity contribution in [3.05, 3.63) is 35.4 Å². The Balaban J connectivity index is 3.05. The Hall–Kier alpha value is -1.64. The highest BCUT2D eigenvalue weighted by molar-refractivity contribution is 6.02. The lowest BCUT2D eigenvalue weighted by Crippen LogP contribution is -1.98. The van der Waals surface area contributed by atoms with Crippen molar-refractivity contribution in [2.24, 2.45) is 5.16 Å². The third-order valence-corrected chi connectivity index (χ3v) is 1.64. The fraction of sp³-hybridized carbons (Fsp3) is 0.200. The fourth-order valence-corrected chi connectivity index (χ4v) is 1.04. The summed E-state index contributed by atoms with van der Waals surface area (Å²) in [4.78, 5) is 15.7. The van der Waals surface area contributed by atoms with Gasteiger partial charge in [-0.3, -0.25) is 4.79 Å². The van der Waals surface area contributed by atoms with Crippen LogP contribution in [0.2, 0.25) is 0 Å². The minimum Gasteiger partial charge on any atom is -0.399 e. The first-order valence-corrected chi connectivity index (χ1v) is 3.92. The van der Waals surface area contributed by atoms with Gasteiger partial charge >= 0.3 is 0 Å². The molecule has 13 heavy (non-hydrogen) atoms. The van der Waals surface area contributed by atoms with Gasteiger partial charge in [0.2, 0.25) is 0 Å². The van der Waals surface area contributed by atoms with Gasteiger partial charge in [-0.05, 0) is 6.92 Å². The van der Waals surface area contributed by atoms with Crippen LogP contribution in [0.25, 0.3) is 0 Å². The summed E-state index contributed by atoms with van der Waals surface area (Å²) in [6, 6.07) is 7.25. The van der Waals surface area contributed by atoms with Crippen molar-refractivity contribution in [2.75, 3.05) is 7.11 Å². The van der Waals surface area contributed by atoms with Crippen molar-refractivity contribution in [3.63, 3.8) is 0 Å². The molecule has 0 unspecified atom stereocenters. The summed E-state index contributed by atoms with van der Waals surface area (Å²) in [5, 5.41) is 3.61. The Morgan fingerprint density at radius 2 is 2.15 bits per heavy atom. The highest BCUT2D eigenvalue weighted by Crippen LogP contribution is 2.06. The standard InChI is InChI=1S/C10H11NO2/c1-8(12)10-6-4-3-5-9(10)7-11-13-2/h3-7H,1-2H3/b11-7+. The smallest absolute Gasteiger partial charge is 0.160 e. The molecular weight excluding hydrogens is 166 g/mol. The molecule has 68 valence electrons. The molecule has 0 spiro atoms. The van der Waals surface area contributed by atoms with Crippen LogP contribution in [0.3, 0.4) is 0 Å². The Morgan fingerprint density at radius 3 is 2.77 bits per heavy atom. The topological polar surface area (TPSA) is 38.7 Å². The van der Waals surface area contributed by atoms with Gasteiger partial charge in [0.1, 0.15) is 7.11 Å². The van der Waals surface area contributed by atoms with E-state index in [1.807, 2.05) is 18.2 Å². The predicted octanol–water partition coefficient (Wildman–Crippen LogP) is 1.87. The number of nitrogens with zero attached hydrogens (tertiary/aromatic N) is 1. The summed E-state index contributed by atoms with van der Waals surface area (Å²) in [5.41, 5.74) is 1.43. The van der Waals surface area contributed by atoms with Crippen LogP contribution >= 0.6 is 0 Å². The molecule has 3 heteroatoms. The maximum absolute atomic E-state index is 11.1. The molecule has 0 N–H and O–H groups in total. The molecule has 0 aliphatic heterocycles. The van der Waals surface area contributed by atoms with Gasteiger partial charge in [0.05, 0.1) is 6.21 Å². The number of rotatable bonds is 3. The number of hydrogen-bond acceptors (Lipinski definition) is 3. The highest BCUT2D eigenvalue weighted by atomic mass is 16.6. The van der Waals surface area contributed by atoms with Gasteiger partial charge in [0.25, 0.3) is 0 Å². The molecule has 0 aromatic heterocycles. The number of oxime groups is 1. The molecule has 0 saturated carbocycles. The second-order valence-corrected chi connectivity index (χ2v) is 2.56. The molecule has 0 atom stereocenters. The number of benzene rings is 1. The summed E-state index contributed by atoms with van der Waals surface area (Å²) in [7, 11) is 1.47. The predicted molar refractivity (Wildman–Crippen MR) is 51.0 cm³/mol. The molecule has 0 saturated heterocycles. The van der Waals surface area contributed by atoms with Crippen molar-refractivity contribution in [3.8, 4) is 0 Å². The molecule has 0 heterocycles. The fourth-order valence-electron chi connectivity index (χ4n) is 1.04. The average Bonchev–Trinajstić information content (AvgIpc) is 2.15. The summed E-state index contributed by atoms with van der Waals surface area (Å²) >= 11 is 0. The van der Waals surface area contributed by atoms with Crippen LogP contribution in [-0.2, 0) is 4.84 Å². The molecule has 0 amide bonds. The first kappa shape index (κ1) is 9.45. The number of carbonyl (C=O) groups excluding carboxylic acids is 1. The van der Waals surface area contributed by atoms with Crippen LogP contribution in [0.4, 0.5) is 0 Å². The number of Topliss-reactive ketones (excluding diaryl/α,β-unsaturated/α-hetero) is 1. The van der Waals surface area contributed by atoms with E-state index in [2.05, 4.69) is 9.99 Å². The van der Waals surface area contributed by atoms with Crippen molar-refractivity contribution in [2.45, 2.75) is 6.92 Å². The highest BCUT2D eigenvalue weighted by Gasteiger charge is 2.03. The zero-order valence-electron chi connectivity index (χ0n) is 7.65. The summed E-state index contributed by atoms with van der Waals surface area (Å²) in [6.45, 7) is 1.53. The molecule has 0 aliphatic carbocycles. The van der Waals surface area contributed by atoms with E-state index in [9.17, 15) is 4.79 Å². The van der Waals surface area contributed by atoms with Crippen LogP contribution in [0.15, 0.2) is 29.4 Å². The molecule has 1 aromatic carbocycles. The van der Waals surface area contributed by atoms with Gasteiger partial charge in [0.15, 0.2) is 5.78 Å². The SMILES string of the molecule is CO/N=C/c1ccccc1C(C)=O. The Kier molecular flexibility index (Phi) is 3.20. The molecule has 1 rings (SSSR count). The third kappa shape index (κ3) is 2.40. The lowest BCUT2D eigenvalue weighted by molar-refractivity contribution is 0.101. The van der Waals surface area contributed by atoms with E-state index in [0.29, 0.717) is 5.56 Å². The molecule has 0 fully saturated rings. The first-order valence-electron chi connectivity index (χ1n) is 3.92. The van der Waals surface area contributed by atoms with E-state index >= 15 is 0 Å². The van der Waals surface area contributed by atoms with Gasteiger partial charge in [0, 0.05) is 11.1 Å². The Bertz CT molecular complexity index is 331. The minimum atomic E-state index is 0.0261. The second-order valence-electron chi connectivity index (χ2n) is 2.56. The normalized spacial score (nSPS) is 10.3. The molecule has 0 aliphatic rings. The summed E-state index contributed by atoms with van der Waals surface area (Å²) < 4.78 is 0. The van der Waals surface area contributed by atoms with Crippen LogP contribution in [0.5, 0.6) is 0 Å². The van der Waals surface area contributed by atoms with Gasteiger partial charge in [-0.2, -0.15) is 0 Å². The molecule has 0 bridgehead atoms. The van der Waals surface area contributed by atoms with Crippen molar-refractivity contribution < 1.29 is 9.63 Å². The van der Waals surface area contributed by atoms with E-state index in [4.69, 9.17) is 0 Å². The van der Waals surface area contributed by atoms with Gasteiger partial charge in [-0.1, -0.05) is 29.4 Å². The van der Waals surface area contributed by atoms with Crippen molar-refractivity contribution in [1.82, 2.24) is 0 Å². The number of ketones is 1. The molecule has 0 radical (unpaired) electrons. The van der Waals surface area contributed by atoms with E-state index in [0.717, 1.165) is 5.56 Å². The zero-order chi connectivity index (χ0) is 9.68. The summed E-state index contributed by atoms with van der Waals surface area (Å²) in [5.74, 6) is 0.0261. The maximum Gasteiger partial charge on any atom is 0.160 e. The van der Waals surface area contributed by atoms with Crippen LogP contribution in [-0.4, -0.2) is 19.1 Å². The first-order chi connectivity index (χ1) is 6.25. The van der Waals surface area contributed by atoms with E-state index < -0.39 is 0 Å².